The van der Waals surface area contributed by atoms with Crippen LogP contribution in [0.2, 0.25) is 0 Å². The van der Waals surface area contributed by atoms with Crippen molar-refractivity contribution >= 4 is 11.9 Å². The van der Waals surface area contributed by atoms with Gasteiger partial charge in [-0.1, -0.05) is 40.9 Å². The quantitative estimate of drug-likeness (QED) is 0.450. The molecule has 0 unspecified atom stereocenters. The monoisotopic (exact) mass is 302 g/mol. The van der Waals surface area contributed by atoms with Crippen LogP contribution in [0, 0.1) is 0 Å². The first-order valence-corrected chi connectivity index (χ1v) is 7.16. The van der Waals surface area contributed by atoms with Crippen molar-refractivity contribution in [2.24, 2.45) is 0 Å². The van der Waals surface area contributed by atoms with Gasteiger partial charge in [0.2, 0.25) is 0 Å². The van der Waals surface area contributed by atoms with E-state index in [1.807, 2.05) is 27.7 Å². The van der Waals surface area contributed by atoms with Crippen LogP contribution in [-0.4, -0.2) is 11.9 Å². The number of carbonyl (C=O) groups excluding carboxylic acids is 2. The van der Waals surface area contributed by atoms with Crippen molar-refractivity contribution in [3.05, 3.63) is 48.6 Å². The molecule has 0 aromatic heterocycles. The molecule has 0 aliphatic carbocycles. The third-order valence-corrected chi connectivity index (χ3v) is 3.14. The van der Waals surface area contributed by atoms with Crippen LogP contribution in [0.4, 0.5) is 0 Å². The van der Waals surface area contributed by atoms with Gasteiger partial charge in [-0.15, -0.1) is 0 Å². The molecule has 0 aliphatic rings. The van der Waals surface area contributed by atoms with Gasteiger partial charge in [-0.05, 0) is 24.0 Å². The van der Waals surface area contributed by atoms with Crippen molar-refractivity contribution in [3.63, 3.8) is 0 Å². The highest BCUT2D eigenvalue weighted by Crippen LogP contribution is 2.37. The zero-order valence-corrected chi connectivity index (χ0v) is 13.5. The largest absolute Gasteiger partial charge is 0.423 e. The zero-order chi connectivity index (χ0) is 16.9. The Bertz CT molecular complexity index is 544. The summed E-state index contributed by atoms with van der Waals surface area (Å²) in [6.45, 7) is 14.7. The van der Waals surface area contributed by atoms with Crippen molar-refractivity contribution in [1.29, 1.82) is 0 Å². The van der Waals surface area contributed by atoms with E-state index in [0.717, 1.165) is 23.3 Å². The Balaban J connectivity index is 3.42. The third-order valence-electron chi connectivity index (χ3n) is 3.14. The minimum atomic E-state index is -0.521. The van der Waals surface area contributed by atoms with Crippen molar-refractivity contribution in [2.45, 2.75) is 39.5 Å². The number of ether oxygens (including phenoxy) is 2. The zero-order valence-electron chi connectivity index (χ0n) is 13.5. The Hall–Kier alpha value is -2.36. The number of rotatable bonds is 6. The normalized spacial score (nSPS) is 10.5. The molecular formula is C18H22O4. The molecule has 0 amide bonds. The Morgan fingerprint density at radius 2 is 1.18 bits per heavy atom. The number of hydrogen-bond donors (Lipinski definition) is 0. The molecule has 0 atom stereocenters. The Morgan fingerprint density at radius 3 is 1.41 bits per heavy atom. The lowest BCUT2D eigenvalue weighted by atomic mass is 9.95. The number of esters is 2. The van der Waals surface area contributed by atoms with E-state index in [9.17, 15) is 9.59 Å². The molecule has 0 spiro atoms. The maximum absolute atomic E-state index is 11.5. The summed E-state index contributed by atoms with van der Waals surface area (Å²) < 4.78 is 10.6. The molecule has 1 aromatic rings. The summed E-state index contributed by atoms with van der Waals surface area (Å²) in [5.74, 6) is 0.0638. The van der Waals surface area contributed by atoms with Gasteiger partial charge in [-0.3, -0.25) is 0 Å². The fourth-order valence-electron chi connectivity index (χ4n) is 1.97. The number of benzene rings is 1. The maximum atomic E-state index is 11.5. The molecule has 0 N–H and O–H groups in total. The third kappa shape index (κ3) is 4.32. The second-order valence-corrected chi connectivity index (χ2v) is 5.49. The fraction of sp³-hybridized carbons (Fsp3) is 0.333. The molecule has 0 aliphatic heterocycles. The van der Waals surface area contributed by atoms with E-state index in [-0.39, 0.29) is 11.8 Å². The summed E-state index contributed by atoms with van der Waals surface area (Å²) in [7, 11) is 0. The molecule has 0 fully saturated rings. The topological polar surface area (TPSA) is 52.6 Å². The predicted octanol–water partition coefficient (Wildman–Crippen LogP) is 4.12. The highest BCUT2D eigenvalue weighted by Gasteiger charge is 2.19. The molecule has 0 bridgehead atoms. The van der Waals surface area contributed by atoms with E-state index in [2.05, 4.69) is 13.2 Å². The van der Waals surface area contributed by atoms with Crippen LogP contribution in [0.1, 0.15) is 50.7 Å². The number of carbonyl (C=O) groups is 2. The first-order chi connectivity index (χ1) is 10.3. The average molecular weight is 302 g/mol. The summed E-state index contributed by atoms with van der Waals surface area (Å²) in [6, 6.07) is 3.49. The lowest BCUT2D eigenvalue weighted by molar-refractivity contribution is -0.130. The standard InChI is InChI=1S/C18H22O4/c1-7-17(19)21-15-9-14(12(5)6)16(22-18(20)8-2)10-13(15)11(3)4/h7-12H,1-2H2,3-6H3. The second-order valence-electron chi connectivity index (χ2n) is 5.49. The Morgan fingerprint density at radius 1 is 0.864 bits per heavy atom. The van der Waals surface area contributed by atoms with E-state index in [0.29, 0.717) is 11.5 Å². The van der Waals surface area contributed by atoms with Gasteiger partial charge in [0.1, 0.15) is 11.5 Å². The molecule has 0 radical (unpaired) electrons. The summed E-state index contributed by atoms with van der Waals surface area (Å²) in [6.07, 6.45) is 2.23. The summed E-state index contributed by atoms with van der Waals surface area (Å²) in [4.78, 5) is 23.0. The van der Waals surface area contributed by atoms with Crippen LogP contribution in [0.3, 0.4) is 0 Å². The van der Waals surface area contributed by atoms with Crippen LogP contribution < -0.4 is 9.47 Å². The molecule has 4 nitrogen and oxygen atoms in total. The number of hydrogen-bond acceptors (Lipinski definition) is 4. The van der Waals surface area contributed by atoms with E-state index >= 15 is 0 Å². The molecule has 0 saturated carbocycles. The van der Waals surface area contributed by atoms with Crippen molar-refractivity contribution in [3.8, 4) is 11.5 Å². The Kier molecular flexibility index (Phi) is 6.11. The summed E-state index contributed by atoms with van der Waals surface area (Å²) in [5.41, 5.74) is 1.57. The van der Waals surface area contributed by atoms with Gasteiger partial charge in [-0.25, -0.2) is 9.59 Å². The van der Waals surface area contributed by atoms with E-state index < -0.39 is 11.9 Å². The second kappa shape index (κ2) is 7.59. The minimum absolute atomic E-state index is 0.0926. The molecular weight excluding hydrogens is 280 g/mol. The molecule has 1 aromatic carbocycles. The first kappa shape index (κ1) is 17.7. The molecule has 118 valence electrons. The van der Waals surface area contributed by atoms with E-state index in [1.54, 1.807) is 12.1 Å². The smallest absolute Gasteiger partial charge is 0.335 e. The van der Waals surface area contributed by atoms with Gasteiger partial charge >= 0.3 is 11.9 Å². The minimum Gasteiger partial charge on any atom is -0.423 e. The SMILES string of the molecule is C=CC(=O)Oc1cc(C(C)C)c(OC(=O)C=C)cc1C(C)C. The highest BCUT2D eigenvalue weighted by atomic mass is 16.5. The summed E-state index contributed by atoms with van der Waals surface area (Å²) >= 11 is 0. The van der Waals surface area contributed by atoms with Crippen LogP contribution in [0.25, 0.3) is 0 Å². The summed E-state index contributed by atoms with van der Waals surface area (Å²) in [5, 5.41) is 0. The lowest BCUT2D eigenvalue weighted by Gasteiger charge is -2.19. The molecule has 0 heterocycles. The predicted molar refractivity (Wildman–Crippen MR) is 86.3 cm³/mol. The molecule has 4 heteroatoms. The van der Waals surface area contributed by atoms with Crippen molar-refractivity contribution < 1.29 is 19.1 Å². The highest BCUT2D eigenvalue weighted by molar-refractivity contribution is 5.85. The average Bonchev–Trinajstić information content (AvgIpc) is 2.47. The van der Waals surface area contributed by atoms with E-state index in [4.69, 9.17) is 9.47 Å². The van der Waals surface area contributed by atoms with Crippen LogP contribution in [0.5, 0.6) is 11.5 Å². The molecule has 1 rings (SSSR count). The maximum Gasteiger partial charge on any atom is 0.335 e. The lowest BCUT2D eigenvalue weighted by Crippen LogP contribution is -2.10. The fourth-order valence-corrected chi connectivity index (χ4v) is 1.97. The molecule has 22 heavy (non-hydrogen) atoms. The van der Waals surface area contributed by atoms with Crippen LogP contribution in [-0.2, 0) is 9.59 Å². The van der Waals surface area contributed by atoms with Crippen molar-refractivity contribution in [2.75, 3.05) is 0 Å². The van der Waals surface area contributed by atoms with Crippen LogP contribution >= 0.6 is 0 Å². The van der Waals surface area contributed by atoms with Gasteiger partial charge < -0.3 is 9.47 Å². The van der Waals surface area contributed by atoms with Gasteiger partial charge in [0.15, 0.2) is 0 Å². The van der Waals surface area contributed by atoms with Crippen LogP contribution in [0.15, 0.2) is 37.4 Å². The van der Waals surface area contributed by atoms with Gasteiger partial charge in [0, 0.05) is 23.3 Å². The van der Waals surface area contributed by atoms with Crippen molar-refractivity contribution in [1.82, 2.24) is 0 Å². The van der Waals surface area contributed by atoms with Gasteiger partial charge in [0.25, 0.3) is 0 Å². The van der Waals surface area contributed by atoms with Gasteiger partial charge in [-0.2, -0.15) is 0 Å². The Labute approximate surface area is 131 Å². The van der Waals surface area contributed by atoms with Gasteiger partial charge in [0.05, 0.1) is 0 Å². The first-order valence-electron chi connectivity index (χ1n) is 7.16. The van der Waals surface area contributed by atoms with E-state index in [1.165, 1.54) is 0 Å². The molecule has 0 saturated heterocycles.